The van der Waals surface area contributed by atoms with Crippen LogP contribution in [-0.4, -0.2) is 26.5 Å². The smallest absolute Gasteiger partial charge is 0.208 e. The van der Waals surface area contributed by atoms with Crippen LogP contribution in [0.15, 0.2) is 0 Å². The van der Waals surface area contributed by atoms with E-state index in [9.17, 15) is 8.42 Å². The Hall–Kier alpha value is 0.320. The molecule has 0 bridgehead atoms. The third-order valence-electron chi connectivity index (χ3n) is 0.675. The molecule has 0 rings (SSSR count). The van der Waals surface area contributed by atoms with Gasteiger partial charge in [0.2, 0.25) is 10.0 Å². The molecule has 0 aromatic heterocycles. The van der Waals surface area contributed by atoms with Gasteiger partial charge in [0, 0.05) is 13.3 Å². The van der Waals surface area contributed by atoms with Crippen molar-refractivity contribution in [3.8, 4) is 0 Å². The molecule has 0 fully saturated rings. The van der Waals surface area contributed by atoms with E-state index in [1.165, 1.54) is 0 Å². The van der Waals surface area contributed by atoms with Crippen molar-refractivity contribution in [1.29, 1.82) is 0 Å². The number of halogens is 2. The molecule has 0 aliphatic carbocycles. The molecule has 0 amide bonds. The van der Waals surface area contributed by atoms with Crippen LogP contribution in [0.4, 0.5) is 4.70 Å². The Morgan fingerprint density at radius 3 is 2.40 bits per heavy atom. The normalized spacial score (nSPS) is 10.6. The molecule has 0 aromatic carbocycles. The van der Waals surface area contributed by atoms with Crippen molar-refractivity contribution in [3.63, 3.8) is 0 Å². The van der Waals surface area contributed by atoms with Crippen LogP contribution in [0, 0.1) is 0 Å². The van der Waals surface area contributed by atoms with E-state index < -0.39 is 10.0 Å². The summed E-state index contributed by atoms with van der Waals surface area (Å²) in [6.07, 6.45) is 1.98. The van der Waals surface area contributed by atoms with Crippen molar-refractivity contribution in [2.24, 2.45) is 0 Å². The molecule has 0 aromatic rings. The van der Waals surface area contributed by atoms with Gasteiger partial charge in [-0.15, -0.1) is 0 Å². The SMILES string of the molecule is CS(=O)(=O)NCCCBr.F.[3HH]. The Morgan fingerprint density at radius 1 is 1.60 bits per heavy atom. The molecule has 0 spiro atoms. The lowest BCUT2D eigenvalue weighted by Gasteiger charge is -1.97. The molecule has 10 heavy (non-hydrogen) atoms. The standard InChI is InChI=1S/C4H10BrNO2S.FH.H2/c1-9(7,8)6-4-2-3-5;;/h6H,2-4H2,1H3;2*1H/i;;1+2. The largest absolute Gasteiger partial charge is 0.269 e. The molecule has 1 N–H and O–H groups in total. The van der Waals surface area contributed by atoms with E-state index in [2.05, 4.69) is 20.7 Å². The number of hydrogen-bond donors (Lipinski definition) is 1. The predicted molar refractivity (Wildman–Crippen MR) is 45.9 cm³/mol. The van der Waals surface area contributed by atoms with Crippen LogP contribution in [0.3, 0.4) is 0 Å². The molecule has 0 atom stereocenters. The Labute approximate surface area is 70.2 Å². The van der Waals surface area contributed by atoms with E-state index >= 15 is 0 Å². The van der Waals surface area contributed by atoms with Gasteiger partial charge in [0.25, 0.3) is 0 Å². The van der Waals surface area contributed by atoms with Gasteiger partial charge in [-0.3, -0.25) is 4.70 Å². The zero-order chi connectivity index (χ0) is 7.33. The van der Waals surface area contributed by atoms with Crippen molar-refractivity contribution >= 4 is 26.0 Å². The van der Waals surface area contributed by atoms with Crippen LogP contribution in [0.1, 0.15) is 7.85 Å². The Bertz CT molecular complexity index is 163. The van der Waals surface area contributed by atoms with Gasteiger partial charge in [-0.2, -0.15) is 0 Å². The summed E-state index contributed by atoms with van der Waals surface area (Å²) in [4.78, 5) is 0. The molecule has 0 saturated carbocycles. The van der Waals surface area contributed by atoms with Crippen molar-refractivity contribution < 1.29 is 14.5 Å². The third kappa shape index (κ3) is 11.2. The van der Waals surface area contributed by atoms with E-state index in [1.54, 1.807) is 0 Å². The second-order valence-corrected chi connectivity index (χ2v) is 4.34. The zero-order valence-electron chi connectivity index (χ0n) is 5.63. The van der Waals surface area contributed by atoms with Crippen molar-refractivity contribution in [2.75, 3.05) is 18.1 Å². The van der Waals surface area contributed by atoms with Crippen LogP contribution in [-0.2, 0) is 10.0 Å². The van der Waals surface area contributed by atoms with Crippen LogP contribution in [0.2, 0.25) is 0 Å². The lowest BCUT2D eigenvalue weighted by atomic mass is 10.5. The van der Waals surface area contributed by atoms with Crippen LogP contribution in [0.5, 0.6) is 0 Å². The van der Waals surface area contributed by atoms with E-state index in [0.29, 0.717) is 6.54 Å². The Balaban J connectivity index is -0.000000320. The topological polar surface area (TPSA) is 46.2 Å². The molecular formula is C4H13BrFNO2S. The highest BCUT2D eigenvalue weighted by Crippen LogP contribution is 1.85. The van der Waals surface area contributed by atoms with Gasteiger partial charge in [-0.1, -0.05) is 15.9 Å². The van der Waals surface area contributed by atoms with Crippen LogP contribution < -0.4 is 4.72 Å². The number of rotatable bonds is 4. The molecule has 66 valence electrons. The highest BCUT2D eigenvalue weighted by Gasteiger charge is 1.96. The van der Waals surface area contributed by atoms with E-state index in [1.807, 2.05) is 0 Å². The Kier molecular flexibility index (Phi) is 7.84. The summed E-state index contributed by atoms with van der Waals surface area (Å²) in [5.41, 5.74) is 0. The minimum absolute atomic E-state index is 0. The lowest BCUT2D eigenvalue weighted by molar-refractivity contribution is 0.587. The highest BCUT2D eigenvalue weighted by atomic mass is 79.9. The molecule has 0 unspecified atom stereocenters. The summed E-state index contributed by atoms with van der Waals surface area (Å²) < 4.78 is 23.1. The van der Waals surface area contributed by atoms with Gasteiger partial charge in [-0.05, 0) is 6.42 Å². The second kappa shape index (κ2) is 6.06. The molecule has 0 heterocycles. The molecule has 6 heteroatoms. The predicted octanol–water partition coefficient (Wildman–Crippen LogP) is 0.719. The fourth-order valence-electron chi connectivity index (χ4n) is 0.324. The zero-order valence-corrected chi connectivity index (χ0v) is 8.03. The summed E-state index contributed by atoms with van der Waals surface area (Å²) in [6.45, 7) is 0.518. The quantitative estimate of drug-likeness (QED) is 0.581. The number of hydrogen-bond acceptors (Lipinski definition) is 2. The summed E-state index contributed by atoms with van der Waals surface area (Å²) in [6, 6.07) is 0. The molecule has 3 nitrogen and oxygen atoms in total. The minimum Gasteiger partial charge on any atom is -0.269 e. The molecule has 0 radical (unpaired) electrons. The number of nitrogens with one attached hydrogen (secondary N) is 1. The monoisotopic (exact) mass is 239 g/mol. The van der Waals surface area contributed by atoms with Crippen LogP contribution in [0.25, 0.3) is 0 Å². The number of sulfonamides is 1. The van der Waals surface area contributed by atoms with Crippen molar-refractivity contribution in [3.05, 3.63) is 0 Å². The van der Waals surface area contributed by atoms with Gasteiger partial charge in [0.1, 0.15) is 0 Å². The molecule has 0 saturated heterocycles. The van der Waals surface area contributed by atoms with E-state index in [-0.39, 0.29) is 6.13 Å². The van der Waals surface area contributed by atoms with Gasteiger partial charge >= 0.3 is 0 Å². The maximum Gasteiger partial charge on any atom is 0.208 e. The van der Waals surface area contributed by atoms with Gasteiger partial charge in [0.05, 0.1) is 6.26 Å². The summed E-state index contributed by atoms with van der Waals surface area (Å²) >= 11 is 3.18. The average molecular weight is 240 g/mol. The highest BCUT2D eigenvalue weighted by molar-refractivity contribution is 9.09. The van der Waals surface area contributed by atoms with Gasteiger partial charge in [-0.25, -0.2) is 13.1 Å². The Morgan fingerprint density at radius 2 is 2.10 bits per heavy atom. The number of alkyl halides is 1. The minimum atomic E-state index is -2.97. The first-order chi connectivity index (χ1) is 4.06. The average Bonchev–Trinajstić information content (AvgIpc) is 1.63. The summed E-state index contributed by atoms with van der Waals surface area (Å²) in [5, 5.41) is 0.829. The molecular weight excluding hydrogens is 225 g/mol. The fraction of sp³-hybridized carbons (Fsp3) is 1.00. The molecule has 0 aliphatic heterocycles. The van der Waals surface area contributed by atoms with Crippen molar-refractivity contribution in [1.82, 2.24) is 4.72 Å². The van der Waals surface area contributed by atoms with Gasteiger partial charge < -0.3 is 0 Å². The first-order valence-corrected chi connectivity index (χ1v) is 5.58. The first kappa shape index (κ1) is 12.9. The van der Waals surface area contributed by atoms with E-state index in [4.69, 9.17) is 0 Å². The molecule has 0 aliphatic rings. The summed E-state index contributed by atoms with van der Waals surface area (Å²) in [5.74, 6) is 0. The first-order valence-electron chi connectivity index (χ1n) is 2.57. The third-order valence-corrected chi connectivity index (χ3v) is 1.96. The van der Waals surface area contributed by atoms with E-state index in [0.717, 1.165) is 18.0 Å². The van der Waals surface area contributed by atoms with Crippen LogP contribution >= 0.6 is 15.9 Å². The maximum absolute atomic E-state index is 10.4. The second-order valence-electron chi connectivity index (χ2n) is 1.71. The maximum atomic E-state index is 10.4. The van der Waals surface area contributed by atoms with Gasteiger partial charge in [0.15, 0.2) is 0 Å². The fourth-order valence-corrected chi connectivity index (χ4v) is 1.12. The van der Waals surface area contributed by atoms with Crippen molar-refractivity contribution in [2.45, 2.75) is 6.42 Å². The summed E-state index contributed by atoms with van der Waals surface area (Å²) in [7, 11) is -2.97. The lowest BCUT2D eigenvalue weighted by Crippen LogP contribution is -2.23.